The number of halogens is 2. The van der Waals surface area contributed by atoms with Crippen LogP contribution in [0.3, 0.4) is 0 Å². The van der Waals surface area contributed by atoms with Gasteiger partial charge in [-0.05, 0) is 31.5 Å². The highest BCUT2D eigenvalue weighted by Gasteiger charge is 2.39. The van der Waals surface area contributed by atoms with E-state index >= 15 is 0 Å². The maximum Gasteiger partial charge on any atom is 0.338 e. The molecule has 0 saturated heterocycles. The molecule has 5 nitrogen and oxygen atoms in total. The first kappa shape index (κ1) is 17.6. The monoisotopic (exact) mass is 356 g/mol. The van der Waals surface area contributed by atoms with Crippen molar-refractivity contribution in [2.75, 3.05) is 20.7 Å². The fourth-order valence-electron chi connectivity index (χ4n) is 2.62. The van der Waals surface area contributed by atoms with E-state index in [0.29, 0.717) is 26.9 Å². The van der Waals surface area contributed by atoms with Crippen LogP contribution in [0.2, 0.25) is 10.0 Å². The van der Waals surface area contributed by atoms with Crippen LogP contribution in [0.15, 0.2) is 29.5 Å². The second kappa shape index (κ2) is 6.81. The van der Waals surface area contributed by atoms with Crippen LogP contribution >= 0.6 is 23.2 Å². The van der Waals surface area contributed by atoms with Crippen molar-refractivity contribution in [1.29, 1.82) is 0 Å². The molecule has 124 valence electrons. The number of urea groups is 1. The lowest BCUT2D eigenvalue weighted by atomic mass is 9.93. The first-order chi connectivity index (χ1) is 10.8. The summed E-state index contributed by atoms with van der Waals surface area (Å²) in [6, 6.07) is 4.14. The Labute approximate surface area is 145 Å². The minimum absolute atomic E-state index is 0.230. The Balaban J connectivity index is 2.64. The maximum absolute atomic E-state index is 12.5. The molecule has 0 fully saturated rings. The van der Waals surface area contributed by atoms with Gasteiger partial charge in [0.05, 0.1) is 18.2 Å². The Bertz CT molecular complexity index is 688. The van der Waals surface area contributed by atoms with Gasteiger partial charge < -0.3 is 14.5 Å². The highest BCUT2D eigenvalue weighted by atomic mass is 35.5. The van der Waals surface area contributed by atoms with Crippen LogP contribution in [0, 0.1) is 0 Å². The topological polar surface area (TPSA) is 49.9 Å². The number of ether oxygens (including phenoxy) is 1. The third kappa shape index (κ3) is 3.16. The average molecular weight is 357 g/mol. The summed E-state index contributed by atoms with van der Waals surface area (Å²) in [4.78, 5) is 27.8. The van der Waals surface area contributed by atoms with Crippen LogP contribution in [-0.4, -0.2) is 42.5 Å². The lowest BCUT2D eigenvalue weighted by Crippen LogP contribution is -2.47. The van der Waals surface area contributed by atoms with Crippen molar-refractivity contribution in [3.8, 4) is 0 Å². The van der Waals surface area contributed by atoms with E-state index in [4.69, 9.17) is 27.9 Å². The van der Waals surface area contributed by atoms with E-state index in [0.717, 1.165) is 0 Å². The number of carbonyl (C=O) groups excluding carboxylic acids is 2. The minimum Gasteiger partial charge on any atom is -0.463 e. The molecule has 23 heavy (non-hydrogen) atoms. The van der Waals surface area contributed by atoms with E-state index in [9.17, 15) is 9.59 Å². The molecule has 0 aromatic heterocycles. The van der Waals surface area contributed by atoms with Crippen molar-refractivity contribution in [3.63, 3.8) is 0 Å². The van der Waals surface area contributed by atoms with E-state index in [1.165, 1.54) is 9.80 Å². The number of likely N-dealkylation sites (N-methyl/N-ethyl adjacent to an activating group) is 1. The van der Waals surface area contributed by atoms with Gasteiger partial charge in [0.15, 0.2) is 0 Å². The predicted octanol–water partition coefficient (Wildman–Crippen LogP) is 3.87. The number of amides is 2. The summed E-state index contributed by atoms with van der Waals surface area (Å²) in [5.74, 6) is -0.466. The van der Waals surface area contributed by atoms with E-state index in [-0.39, 0.29) is 12.6 Å². The molecule has 0 bridgehead atoms. The lowest BCUT2D eigenvalue weighted by Gasteiger charge is -2.39. The zero-order chi connectivity index (χ0) is 17.3. The van der Waals surface area contributed by atoms with E-state index < -0.39 is 12.0 Å². The van der Waals surface area contributed by atoms with Crippen molar-refractivity contribution < 1.29 is 14.3 Å². The number of allylic oxidation sites excluding steroid dienone is 1. The standard InChI is InChI=1S/C16H18Cl2N2O3/c1-5-23-15(21)13-9(2)19(3)16(22)20(4)14(13)11-7-6-10(17)8-12(11)18/h6-8,14H,5H2,1-4H3/t14-/m1/s1. The molecule has 0 saturated carbocycles. The zero-order valence-corrected chi connectivity index (χ0v) is 14.9. The molecular weight excluding hydrogens is 339 g/mol. The molecule has 0 N–H and O–H groups in total. The Kier molecular flexibility index (Phi) is 5.22. The van der Waals surface area contributed by atoms with Gasteiger partial charge in [-0.1, -0.05) is 29.3 Å². The fraction of sp³-hybridized carbons (Fsp3) is 0.375. The van der Waals surface area contributed by atoms with E-state index in [1.54, 1.807) is 46.1 Å². The van der Waals surface area contributed by atoms with Gasteiger partial charge in [-0.3, -0.25) is 0 Å². The number of carbonyl (C=O) groups is 2. The number of hydrogen-bond acceptors (Lipinski definition) is 3. The molecule has 1 atom stereocenters. The molecule has 1 aromatic rings. The number of benzene rings is 1. The molecular formula is C16H18Cl2N2O3. The normalized spacial score (nSPS) is 18.5. The van der Waals surface area contributed by atoms with Crippen molar-refractivity contribution in [2.24, 2.45) is 0 Å². The highest BCUT2D eigenvalue weighted by Crippen LogP contribution is 2.39. The summed E-state index contributed by atoms with van der Waals surface area (Å²) in [6.45, 7) is 3.70. The molecule has 0 unspecified atom stereocenters. The van der Waals surface area contributed by atoms with Crippen LogP contribution in [0.25, 0.3) is 0 Å². The molecule has 2 rings (SSSR count). The van der Waals surface area contributed by atoms with Crippen LogP contribution < -0.4 is 0 Å². The first-order valence-electron chi connectivity index (χ1n) is 7.12. The Hall–Kier alpha value is -1.72. The number of esters is 1. The first-order valence-corrected chi connectivity index (χ1v) is 7.88. The lowest BCUT2D eigenvalue weighted by molar-refractivity contribution is -0.139. The van der Waals surface area contributed by atoms with Crippen LogP contribution in [0.4, 0.5) is 4.79 Å². The SMILES string of the molecule is CCOC(=O)C1=C(C)N(C)C(=O)N(C)[C@@H]1c1ccc(Cl)cc1Cl. The van der Waals surface area contributed by atoms with Crippen molar-refractivity contribution >= 4 is 35.2 Å². The van der Waals surface area contributed by atoms with Gasteiger partial charge in [0.25, 0.3) is 0 Å². The summed E-state index contributed by atoms with van der Waals surface area (Å²) in [5.41, 5.74) is 1.56. The zero-order valence-electron chi connectivity index (χ0n) is 13.4. The third-order valence-electron chi connectivity index (χ3n) is 3.89. The Morgan fingerprint density at radius 1 is 1.30 bits per heavy atom. The molecule has 1 heterocycles. The molecule has 0 aliphatic carbocycles. The molecule has 7 heteroatoms. The van der Waals surface area contributed by atoms with Crippen molar-refractivity contribution in [3.05, 3.63) is 45.1 Å². The molecule has 0 radical (unpaired) electrons. The van der Waals surface area contributed by atoms with E-state index in [2.05, 4.69) is 0 Å². The van der Waals surface area contributed by atoms with Gasteiger partial charge in [-0.25, -0.2) is 9.59 Å². The van der Waals surface area contributed by atoms with Crippen LogP contribution in [0.1, 0.15) is 25.5 Å². The summed E-state index contributed by atoms with van der Waals surface area (Å²) in [5, 5.41) is 0.875. The van der Waals surface area contributed by atoms with Gasteiger partial charge in [0.1, 0.15) is 0 Å². The maximum atomic E-state index is 12.5. The molecule has 0 spiro atoms. The van der Waals surface area contributed by atoms with Crippen molar-refractivity contribution in [1.82, 2.24) is 9.80 Å². The van der Waals surface area contributed by atoms with Gasteiger partial charge >= 0.3 is 12.0 Å². The van der Waals surface area contributed by atoms with Crippen LogP contribution in [-0.2, 0) is 9.53 Å². The second-order valence-corrected chi connectivity index (χ2v) is 6.08. The van der Waals surface area contributed by atoms with Gasteiger partial charge in [0, 0.05) is 29.8 Å². The quantitative estimate of drug-likeness (QED) is 0.772. The Morgan fingerprint density at radius 2 is 1.96 bits per heavy atom. The molecule has 1 aliphatic heterocycles. The average Bonchev–Trinajstić information content (AvgIpc) is 2.49. The number of hydrogen-bond donors (Lipinski definition) is 0. The highest BCUT2D eigenvalue weighted by molar-refractivity contribution is 6.35. The predicted molar refractivity (Wildman–Crippen MR) is 89.5 cm³/mol. The minimum atomic E-state index is -0.623. The van der Waals surface area contributed by atoms with Gasteiger partial charge in [-0.2, -0.15) is 0 Å². The number of rotatable bonds is 3. The summed E-state index contributed by atoms with van der Waals surface area (Å²) in [6.07, 6.45) is 0. The molecule has 2 amide bonds. The fourth-order valence-corrected chi connectivity index (χ4v) is 3.13. The number of nitrogens with zero attached hydrogens (tertiary/aromatic N) is 2. The van der Waals surface area contributed by atoms with Gasteiger partial charge in [0.2, 0.25) is 0 Å². The Morgan fingerprint density at radius 3 is 2.52 bits per heavy atom. The van der Waals surface area contributed by atoms with Crippen LogP contribution in [0.5, 0.6) is 0 Å². The molecule has 1 aromatic carbocycles. The second-order valence-electron chi connectivity index (χ2n) is 5.24. The van der Waals surface area contributed by atoms with Gasteiger partial charge in [-0.15, -0.1) is 0 Å². The third-order valence-corrected chi connectivity index (χ3v) is 4.46. The van der Waals surface area contributed by atoms with E-state index in [1.807, 2.05) is 0 Å². The smallest absolute Gasteiger partial charge is 0.338 e. The van der Waals surface area contributed by atoms with Crippen molar-refractivity contribution in [2.45, 2.75) is 19.9 Å². The summed E-state index contributed by atoms with van der Waals surface area (Å²) < 4.78 is 5.17. The molecule has 1 aliphatic rings. The largest absolute Gasteiger partial charge is 0.463 e. The summed E-state index contributed by atoms with van der Waals surface area (Å²) in [7, 11) is 3.24. The summed E-state index contributed by atoms with van der Waals surface area (Å²) >= 11 is 12.2.